The summed E-state index contributed by atoms with van der Waals surface area (Å²) in [4.78, 5) is 18.0. The van der Waals surface area contributed by atoms with E-state index in [0.29, 0.717) is 22.9 Å². The summed E-state index contributed by atoms with van der Waals surface area (Å²) in [6.45, 7) is 3.50. The predicted molar refractivity (Wildman–Crippen MR) is 117 cm³/mol. The predicted octanol–water partition coefficient (Wildman–Crippen LogP) is 1.97. The summed E-state index contributed by atoms with van der Waals surface area (Å²) in [6, 6.07) is 12.0. The third-order valence-electron chi connectivity index (χ3n) is 5.80. The Morgan fingerprint density at radius 3 is 2.78 bits per heavy atom. The Balaban J connectivity index is 1.46. The Kier molecular flexibility index (Phi) is 4.59. The number of aromatic nitrogens is 5. The van der Waals surface area contributed by atoms with E-state index in [-0.39, 0.29) is 5.71 Å². The molecule has 0 radical (unpaired) electrons. The fourth-order valence-corrected chi connectivity index (χ4v) is 4.01. The highest BCUT2D eigenvalue weighted by Crippen LogP contribution is 2.36. The molecule has 1 aromatic carbocycles. The van der Waals surface area contributed by atoms with Crippen molar-refractivity contribution in [3.8, 4) is 17.2 Å². The molecule has 11 heteroatoms. The van der Waals surface area contributed by atoms with Crippen molar-refractivity contribution in [1.29, 1.82) is 0 Å². The van der Waals surface area contributed by atoms with Gasteiger partial charge >= 0.3 is 5.97 Å². The average molecular weight is 432 g/mol. The first-order valence-corrected chi connectivity index (χ1v) is 10.1. The van der Waals surface area contributed by atoms with E-state index in [2.05, 4.69) is 42.4 Å². The normalized spacial score (nSPS) is 19.5. The first-order valence-electron chi connectivity index (χ1n) is 10.1. The quantitative estimate of drug-likeness (QED) is 0.572. The Labute approximate surface area is 183 Å². The van der Waals surface area contributed by atoms with Crippen molar-refractivity contribution in [1.82, 2.24) is 30.1 Å². The topological polar surface area (TPSA) is 116 Å². The van der Waals surface area contributed by atoms with Crippen LogP contribution >= 0.6 is 0 Å². The lowest BCUT2D eigenvalue weighted by atomic mass is 10.2. The molecule has 4 heterocycles. The third kappa shape index (κ3) is 3.06. The number of fused-ring (bicyclic) bond motifs is 1. The number of nitrogens with one attached hydrogen (secondary N) is 1. The van der Waals surface area contributed by atoms with Crippen molar-refractivity contribution in [2.45, 2.75) is 6.92 Å². The molecule has 32 heavy (non-hydrogen) atoms. The number of benzene rings is 1. The second-order valence-electron chi connectivity index (χ2n) is 7.53. The molecule has 5 rings (SSSR count). The minimum atomic E-state index is -1.04. The van der Waals surface area contributed by atoms with Gasteiger partial charge in [0.2, 0.25) is 0 Å². The summed E-state index contributed by atoms with van der Waals surface area (Å²) in [7, 11) is 1.98. The largest absolute Gasteiger partial charge is 0.477 e. The number of hydrogen-bond donors (Lipinski definition) is 2. The van der Waals surface area contributed by atoms with Gasteiger partial charge in [-0.1, -0.05) is 0 Å². The number of rotatable bonds is 6. The standard InChI is InChI=1S/C21H21N9O2/c1-3-28-13-19-22-17(21(31)32)10-12-30(19,14-28)27(2)15-6-8-16(9-7-15)29-11-4-5-18(29)20-23-25-26-24-20/h4-13H,3,14H2,1-2H3,(H-,23,24,25,26,31,32)/p+1. The third-order valence-corrected chi connectivity index (χ3v) is 5.80. The lowest BCUT2D eigenvalue weighted by molar-refractivity contribution is -0.851. The molecule has 162 valence electrons. The van der Waals surface area contributed by atoms with E-state index in [1.807, 2.05) is 66.6 Å². The number of H-pyrrole nitrogens is 1. The summed E-state index contributed by atoms with van der Waals surface area (Å²) >= 11 is 0. The Hall–Kier alpha value is -4.25. The smallest absolute Gasteiger partial charge is 0.354 e. The van der Waals surface area contributed by atoms with Gasteiger partial charge in [0.25, 0.3) is 5.82 Å². The van der Waals surface area contributed by atoms with Crippen LogP contribution in [0, 0.1) is 0 Å². The van der Waals surface area contributed by atoms with Gasteiger partial charge in [0.15, 0.2) is 18.2 Å². The molecular weight excluding hydrogens is 410 g/mol. The Morgan fingerprint density at radius 2 is 2.09 bits per heavy atom. The molecule has 0 bridgehead atoms. The van der Waals surface area contributed by atoms with E-state index in [1.165, 1.54) is 0 Å². The lowest BCUT2D eigenvalue weighted by Gasteiger charge is -2.40. The number of nitrogens with zero attached hydrogens (tertiary/aromatic N) is 8. The molecule has 1 unspecified atom stereocenters. The first-order chi connectivity index (χ1) is 15.5. The SMILES string of the molecule is CCN1C=C2N=C(C(=O)O)C=C[N+]2(N(C)c2ccc(-n3cccc3-c3nnn[nH]3)cc2)C1. The van der Waals surface area contributed by atoms with E-state index in [0.717, 1.165) is 23.6 Å². The van der Waals surface area contributed by atoms with E-state index in [1.54, 1.807) is 6.08 Å². The van der Waals surface area contributed by atoms with E-state index >= 15 is 0 Å². The minimum Gasteiger partial charge on any atom is -0.477 e. The van der Waals surface area contributed by atoms with Crippen LogP contribution in [0.2, 0.25) is 0 Å². The van der Waals surface area contributed by atoms with E-state index < -0.39 is 5.97 Å². The van der Waals surface area contributed by atoms with Crippen LogP contribution in [-0.2, 0) is 4.79 Å². The number of tetrazole rings is 1. The number of carboxylic acids is 1. The van der Waals surface area contributed by atoms with Gasteiger partial charge in [-0.25, -0.2) is 14.9 Å². The van der Waals surface area contributed by atoms with Crippen LogP contribution < -0.4 is 5.01 Å². The highest BCUT2D eigenvalue weighted by atomic mass is 16.4. The van der Waals surface area contributed by atoms with Gasteiger partial charge in [-0.05, 0) is 53.7 Å². The van der Waals surface area contributed by atoms with Crippen LogP contribution in [0.15, 0.2) is 71.9 Å². The highest BCUT2D eigenvalue weighted by molar-refractivity contribution is 6.40. The fraction of sp³-hybridized carbons (Fsp3) is 0.190. The highest BCUT2D eigenvalue weighted by Gasteiger charge is 2.45. The monoisotopic (exact) mass is 432 g/mol. The van der Waals surface area contributed by atoms with Crippen molar-refractivity contribution < 1.29 is 14.5 Å². The summed E-state index contributed by atoms with van der Waals surface area (Å²) in [6.07, 6.45) is 7.33. The molecule has 2 N–H and O–H groups in total. The summed E-state index contributed by atoms with van der Waals surface area (Å²) < 4.78 is 2.30. The zero-order chi connectivity index (χ0) is 22.3. The van der Waals surface area contributed by atoms with Gasteiger partial charge in [0.1, 0.15) is 6.20 Å². The molecule has 0 saturated carbocycles. The number of aromatic amines is 1. The number of carboxylic acid groups (broad SMARTS) is 1. The van der Waals surface area contributed by atoms with E-state index in [9.17, 15) is 9.90 Å². The first kappa shape index (κ1) is 19.7. The van der Waals surface area contributed by atoms with Gasteiger partial charge in [0.05, 0.1) is 24.6 Å². The molecule has 0 amide bonds. The van der Waals surface area contributed by atoms with Gasteiger partial charge in [0, 0.05) is 24.5 Å². The van der Waals surface area contributed by atoms with Gasteiger partial charge < -0.3 is 14.6 Å². The zero-order valence-corrected chi connectivity index (χ0v) is 17.6. The van der Waals surface area contributed by atoms with E-state index in [4.69, 9.17) is 0 Å². The van der Waals surface area contributed by atoms with Crippen molar-refractivity contribution in [2.24, 2.45) is 4.99 Å². The molecule has 11 nitrogen and oxygen atoms in total. The van der Waals surface area contributed by atoms with Crippen molar-refractivity contribution >= 4 is 17.4 Å². The molecule has 0 aliphatic carbocycles. The van der Waals surface area contributed by atoms with Crippen molar-refractivity contribution in [3.63, 3.8) is 0 Å². The van der Waals surface area contributed by atoms with Crippen molar-refractivity contribution in [2.75, 3.05) is 25.3 Å². The molecule has 1 atom stereocenters. The van der Waals surface area contributed by atoms with Crippen LogP contribution in [-0.4, -0.2) is 71.7 Å². The van der Waals surface area contributed by atoms with Crippen LogP contribution in [0.25, 0.3) is 17.2 Å². The molecule has 2 aliphatic heterocycles. The number of anilines is 1. The number of aliphatic imine (C=N–C) groups is 1. The second-order valence-corrected chi connectivity index (χ2v) is 7.53. The molecule has 0 fully saturated rings. The molecule has 2 aliphatic rings. The molecule has 3 aromatic rings. The lowest BCUT2D eigenvalue weighted by Crippen LogP contribution is -2.55. The molecule has 0 saturated heterocycles. The summed E-state index contributed by atoms with van der Waals surface area (Å²) in [5.41, 5.74) is 2.82. The second kappa shape index (κ2) is 7.46. The van der Waals surface area contributed by atoms with Gasteiger partial charge in [-0.3, -0.25) is 0 Å². The number of aliphatic carboxylic acids is 1. The fourth-order valence-electron chi connectivity index (χ4n) is 4.01. The zero-order valence-electron chi connectivity index (χ0n) is 17.6. The van der Waals surface area contributed by atoms with Crippen LogP contribution in [0.5, 0.6) is 0 Å². The van der Waals surface area contributed by atoms with Gasteiger partial charge in [-0.15, -0.1) is 9.69 Å². The molecular formula is C21H22N9O2+. The average Bonchev–Trinajstić information content (AvgIpc) is 3.57. The molecule has 0 spiro atoms. The molecule has 2 aromatic heterocycles. The maximum Gasteiger partial charge on any atom is 0.354 e. The maximum absolute atomic E-state index is 11.4. The summed E-state index contributed by atoms with van der Waals surface area (Å²) in [5, 5.41) is 25.6. The van der Waals surface area contributed by atoms with Crippen molar-refractivity contribution in [3.05, 3.63) is 66.9 Å². The van der Waals surface area contributed by atoms with Crippen LogP contribution in [0.3, 0.4) is 0 Å². The maximum atomic E-state index is 11.4. The van der Waals surface area contributed by atoms with Crippen LogP contribution in [0.1, 0.15) is 6.92 Å². The Bertz CT molecular complexity index is 1240. The number of carbonyl (C=O) groups is 1. The number of hydrogen-bond acceptors (Lipinski definition) is 7. The van der Waals surface area contributed by atoms with Crippen LogP contribution in [0.4, 0.5) is 5.69 Å². The number of quaternary nitrogens is 1. The van der Waals surface area contributed by atoms with Gasteiger partial charge in [-0.2, -0.15) is 4.99 Å². The Morgan fingerprint density at radius 1 is 1.28 bits per heavy atom. The minimum absolute atomic E-state index is 0.0359. The summed E-state index contributed by atoms with van der Waals surface area (Å²) in [5.74, 6) is 0.224.